The number of aromatic nitrogens is 2. The molecule has 1 amide bonds. The molecule has 0 aromatic carbocycles. The van der Waals surface area contributed by atoms with Crippen molar-refractivity contribution in [1.29, 1.82) is 0 Å². The van der Waals surface area contributed by atoms with Crippen molar-refractivity contribution in [3.8, 4) is 0 Å². The lowest BCUT2D eigenvalue weighted by Crippen LogP contribution is -2.43. The number of anilines is 1. The summed E-state index contributed by atoms with van der Waals surface area (Å²) in [5, 5.41) is 7.90. The highest BCUT2D eigenvalue weighted by molar-refractivity contribution is 5.77. The molecule has 1 aromatic heterocycles. The third kappa shape index (κ3) is 4.46. The Balaban J connectivity index is 1.77. The van der Waals surface area contributed by atoms with E-state index in [1.807, 2.05) is 25.0 Å². The molecule has 1 N–H and O–H groups in total. The van der Waals surface area contributed by atoms with Crippen molar-refractivity contribution < 1.29 is 4.79 Å². The van der Waals surface area contributed by atoms with Crippen molar-refractivity contribution in [2.75, 3.05) is 39.0 Å². The molecule has 1 aliphatic heterocycles. The minimum Gasteiger partial charge on any atom is -0.380 e. The Morgan fingerprint density at radius 3 is 2.62 bits per heavy atom. The molecule has 0 radical (unpaired) electrons. The van der Waals surface area contributed by atoms with E-state index in [2.05, 4.69) is 35.4 Å². The van der Waals surface area contributed by atoms with Gasteiger partial charge in [-0.3, -0.25) is 14.4 Å². The van der Waals surface area contributed by atoms with Crippen molar-refractivity contribution in [3.63, 3.8) is 0 Å². The smallest absolute Gasteiger partial charge is 0.236 e. The number of amides is 1. The molecule has 0 spiro atoms. The van der Waals surface area contributed by atoms with E-state index in [-0.39, 0.29) is 5.91 Å². The van der Waals surface area contributed by atoms with Crippen molar-refractivity contribution in [2.24, 2.45) is 0 Å². The van der Waals surface area contributed by atoms with Crippen LogP contribution in [0.25, 0.3) is 0 Å². The van der Waals surface area contributed by atoms with Gasteiger partial charge in [0.15, 0.2) is 0 Å². The van der Waals surface area contributed by atoms with Crippen molar-refractivity contribution in [2.45, 2.75) is 38.8 Å². The Labute approximate surface area is 127 Å². The second-order valence-corrected chi connectivity index (χ2v) is 6.29. The van der Waals surface area contributed by atoms with Crippen LogP contribution >= 0.6 is 0 Å². The summed E-state index contributed by atoms with van der Waals surface area (Å²) < 4.78 is 1.97. The highest BCUT2D eigenvalue weighted by atomic mass is 16.2. The van der Waals surface area contributed by atoms with Gasteiger partial charge in [0.2, 0.25) is 5.91 Å². The van der Waals surface area contributed by atoms with E-state index in [9.17, 15) is 4.79 Å². The van der Waals surface area contributed by atoms with Crippen LogP contribution in [0.4, 0.5) is 5.69 Å². The van der Waals surface area contributed by atoms with Gasteiger partial charge in [-0.1, -0.05) is 0 Å². The van der Waals surface area contributed by atoms with Crippen LogP contribution in [0.1, 0.15) is 32.7 Å². The van der Waals surface area contributed by atoms with Gasteiger partial charge >= 0.3 is 0 Å². The molecule has 1 aliphatic rings. The molecule has 0 atom stereocenters. The maximum absolute atomic E-state index is 11.7. The second-order valence-electron chi connectivity index (χ2n) is 6.29. The molecule has 1 saturated heterocycles. The van der Waals surface area contributed by atoms with Crippen LogP contribution in [0.2, 0.25) is 0 Å². The SMILES string of the molecule is CC(C)n1cc(NC2CCN(CC(=O)N(C)C)CC2)cn1. The molecule has 0 saturated carbocycles. The van der Waals surface area contributed by atoms with Crippen LogP contribution in [0.5, 0.6) is 0 Å². The Hall–Kier alpha value is -1.56. The molecule has 6 heteroatoms. The molecule has 2 rings (SSSR count). The van der Waals surface area contributed by atoms with Gasteiger partial charge in [-0.15, -0.1) is 0 Å². The van der Waals surface area contributed by atoms with Gasteiger partial charge in [0.25, 0.3) is 0 Å². The number of rotatable bonds is 5. The Morgan fingerprint density at radius 2 is 2.10 bits per heavy atom. The van der Waals surface area contributed by atoms with E-state index in [0.717, 1.165) is 31.6 Å². The predicted molar refractivity (Wildman–Crippen MR) is 84.4 cm³/mol. The topological polar surface area (TPSA) is 53.4 Å². The third-order valence-electron chi connectivity index (χ3n) is 3.95. The molecular formula is C15H27N5O. The largest absolute Gasteiger partial charge is 0.380 e. The lowest BCUT2D eigenvalue weighted by molar-refractivity contribution is -0.130. The van der Waals surface area contributed by atoms with Crippen LogP contribution in [-0.4, -0.2) is 65.3 Å². The van der Waals surface area contributed by atoms with Crippen LogP contribution in [0.3, 0.4) is 0 Å². The minimum absolute atomic E-state index is 0.180. The van der Waals surface area contributed by atoms with Gasteiger partial charge in [0, 0.05) is 45.5 Å². The Kier molecular flexibility index (Phi) is 5.22. The summed E-state index contributed by atoms with van der Waals surface area (Å²) in [5.41, 5.74) is 1.09. The number of hydrogen-bond donors (Lipinski definition) is 1. The summed E-state index contributed by atoms with van der Waals surface area (Å²) >= 11 is 0. The molecule has 1 aromatic rings. The zero-order chi connectivity index (χ0) is 15.4. The second kappa shape index (κ2) is 6.93. The molecule has 0 unspecified atom stereocenters. The molecule has 1 fully saturated rings. The molecular weight excluding hydrogens is 266 g/mol. The summed E-state index contributed by atoms with van der Waals surface area (Å²) in [7, 11) is 3.62. The number of hydrogen-bond acceptors (Lipinski definition) is 4. The van der Waals surface area contributed by atoms with Crippen LogP contribution in [-0.2, 0) is 4.79 Å². The van der Waals surface area contributed by atoms with Crippen molar-refractivity contribution in [3.05, 3.63) is 12.4 Å². The van der Waals surface area contributed by atoms with E-state index in [4.69, 9.17) is 0 Å². The fraction of sp³-hybridized carbons (Fsp3) is 0.733. The maximum atomic E-state index is 11.7. The van der Waals surface area contributed by atoms with Crippen molar-refractivity contribution >= 4 is 11.6 Å². The van der Waals surface area contributed by atoms with E-state index in [1.54, 1.807) is 4.90 Å². The standard InChI is InChI=1S/C15H27N5O/c1-12(2)20-10-14(9-16-20)17-13-5-7-19(8-6-13)11-15(21)18(3)4/h9-10,12-13,17H,5-8,11H2,1-4H3. The van der Waals surface area contributed by atoms with Gasteiger partial charge in [-0.25, -0.2) is 0 Å². The first-order valence-electron chi connectivity index (χ1n) is 7.69. The minimum atomic E-state index is 0.180. The number of carbonyl (C=O) groups is 1. The van der Waals surface area contributed by atoms with Gasteiger partial charge in [0.05, 0.1) is 18.4 Å². The molecule has 118 valence electrons. The van der Waals surface area contributed by atoms with Crippen LogP contribution in [0, 0.1) is 0 Å². The first-order valence-corrected chi connectivity index (χ1v) is 7.69. The number of nitrogens with zero attached hydrogens (tertiary/aromatic N) is 4. The highest BCUT2D eigenvalue weighted by Gasteiger charge is 2.21. The van der Waals surface area contributed by atoms with Crippen LogP contribution < -0.4 is 5.32 Å². The monoisotopic (exact) mass is 293 g/mol. The molecule has 21 heavy (non-hydrogen) atoms. The number of carbonyl (C=O) groups excluding carboxylic acids is 1. The normalized spacial score (nSPS) is 17.2. The summed E-state index contributed by atoms with van der Waals surface area (Å²) in [4.78, 5) is 15.6. The Bertz CT molecular complexity index is 460. The van der Waals surface area contributed by atoms with E-state index in [0.29, 0.717) is 18.6 Å². The maximum Gasteiger partial charge on any atom is 0.236 e. The summed E-state index contributed by atoms with van der Waals surface area (Å²) in [5.74, 6) is 0.180. The van der Waals surface area contributed by atoms with Gasteiger partial charge in [-0.2, -0.15) is 5.10 Å². The summed E-state index contributed by atoms with van der Waals surface area (Å²) in [6.07, 6.45) is 6.08. The number of nitrogens with one attached hydrogen (secondary N) is 1. The number of piperidine rings is 1. The molecule has 0 aliphatic carbocycles. The summed E-state index contributed by atoms with van der Waals surface area (Å²) in [6, 6.07) is 0.861. The highest BCUT2D eigenvalue weighted by Crippen LogP contribution is 2.17. The zero-order valence-electron chi connectivity index (χ0n) is 13.5. The van der Waals surface area contributed by atoms with E-state index in [1.165, 1.54) is 0 Å². The fourth-order valence-electron chi connectivity index (χ4n) is 2.50. The van der Waals surface area contributed by atoms with E-state index >= 15 is 0 Å². The predicted octanol–water partition coefficient (Wildman–Crippen LogP) is 1.43. The quantitative estimate of drug-likeness (QED) is 0.892. The molecule has 6 nitrogen and oxygen atoms in total. The molecule has 0 bridgehead atoms. The van der Waals surface area contributed by atoms with Gasteiger partial charge in [-0.05, 0) is 26.7 Å². The number of likely N-dealkylation sites (N-methyl/N-ethyl adjacent to an activating group) is 1. The lowest BCUT2D eigenvalue weighted by Gasteiger charge is -2.32. The molecule has 2 heterocycles. The fourth-order valence-corrected chi connectivity index (χ4v) is 2.50. The summed E-state index contributed by atoms with van der Waals surface area (Å²) in [6.45, 7) is 6.71. The third-order valence-corrected chi connectivity index (χ3v) is 3.95. The average Bonchev–Trinajstić information content (AvgIpc) is 2.89. The lowest BCUT2D eigenvalue weighted by atomic mass is 10.0. The van der Waals surface area contributed by atoms with Gasteiger partial charge < -0.3 is 10.2 Å². The van der Waals surface area contributed by atoms with Gasteiger partial charge in [0.1, 0.15) is 0 Å². The first-order chi connectivity index (χ1) is 9.95. The average molecular weight is 293 g/mol. The Morgan fingerprint density at radius 1 is 1.43 bits per heavy atom. The van der Waals surface area contributed by atoms with Crippen LogP contribution in [0.15, 0.2) is 12.4 Å². The zero-order valence-corrected chi connectivity index (χ0v) is 13.5. The number of likely N-dealkylation sites (tertiary alicyclic amines) is 1. The van der Waals surface area contributed by atoms with Crippen molar-refractivity contribution in [1.82, 2.24) is 19.6 Å². The van der Waals surface area contributed by atoms with E-state index < -0.39 is 0 Å². The first kappa shape index (κ1) is 15.8.